The highest BCUT2D eigenvalue weighted by atomic mass is 35.5. The minimum absolute atomic E-state index is 0.157. The number of carbonyl (C=O) groups excluding carboxylic acids is 2. The Morgan fingerprint density at radius 3 is 2.45 bits per heavy atom. The largest absolute Gasteiger partial charge is 0.496 e. The first-order chi connectivity index (χ1) is 18.3. The number of urea groups is 1. The van der Waals surface area contributed by atoms with Crippen LogP contribution < -0.4 is 30.6 Å². The maximum atomic E-state index is 13.0. The third-order valence-corrected chi connectivity index (χ3v) is 6.39. The molecule has 11 heteroatoms. The van der Waals surface area contributed by atoms with Gasteiger partial charge in [0.05, 0.1) is 34.0 Å². The van der Waals surface area contributed by atoms with Crippen molar-refractivity contribution >= 4 is 57.5 Å². The van der Waals surface area contributed by atoms with Gasteiger partial charge in [0, 0.05) is 35.8 Å². The number of hydrogen-bond acceptors (Lipinski definition) is 7. The molecule has 4 N–H and O–H groups in total. The van der Waals surface area contributed by atoms with Gasteiger partial charge in [-0.2, -0.15) is 0 Å². The molecule has 2 amide bonds. The van der Waals surface area contributed by atoms with E-state index in [4.69, 9.17) is 43.1 Å². The van der Waals surface area contributed by atoms with Crippen molar-refractivity contribution in [3.8, 4) is 23.0 Å². The molecule has 1 aliphatic rings. The van der Waals surface area contributed by atoms with Crippen LogP contribution in [-0.2, 0) is 0 Å². The zero-order valence-corrected chi connectivity index (χ0v) is 21.6. The van der Waals surface area contributed by atoms with E-state index in [1.165, 1.54) is 13.2 Å². The van der Waals surface area contributed by atoms with Crippen molar-refractivity contribution < 1.29 is 23.8 Å². The number of hydrogen-bond donors (Lipinski definition) is 3. The lowest BCUT2D eigenvalue weighted by atomic mass is 10.1. The molecule has 5 rings (SSSR count). The summed E-state index contributed by atoms with van der Waals surface area (Å²) < 4.78 is 17.0. The Hall–Kier alpha value is -4.21. The molecule has 1 heterocycles. The van der Waals surface area contributed by atoms with E-state index in [0.717, 1.165) is 12.8 Å². The number of rotatable bonds is 7. The Bertz CT molecular complexity index is 1560. The van der Waals surface area contributed by atoms with E-state index in [9.17, 15) is 9.59 Å². The molecule has 38 heavy (non-hydrogen) atoms. The van der Waals surface area contributed by atoms with Gasteiger partial charge in [0.25, 0.3) is 0 Å². The highest BCUT2D eigenvalue weighted by Crippen LogP contribution is 2.36. The van der Waals surface area contributed by atoms with Gasteiger partial charge in [0.2, 0.25) is 0 Å². The molecule has 9 nitrogen and oxygen atoms in total. The Labute approximate surface area is 227 Å². The molecule has 0 unspecified atom stereocenters. The van der Waals surface area contributed by atoms with Crippen LogP contribution in [0.5, 0.6) is 23.0 Å². The maximum absolute atomic E-state index is 13.0. The molecule has 0 saturated heterocycles. The smallest absolute Gasteiger partial charge is 0.347 e. The Kier molecular flexibility index (Phi) is 7.13. The van der Waals surface area contributed by atoms with Crippen LogP contribution >= 0.6 is 23.2 Å². The number of carbonyl (C=O) groups is 2. The van der Waals surface area contributed by atoms with Crippen molar-refractivity contribution in [2.75, 3.05) is 18.2 Å². The van der Waals surface area contributed by atoms with Crippen LogP contribution in [0.3, 0.4) is 0 Å². The summed E-state index contributed by atoms with van der Waals surface area (Å²) in [4.78, 5) is 29.5. The number of ether oxygens (including phenoxy) is 3. The molecule has 1 saturated carbocycles. The van der Waals surface area contributed by atoms with E-state index in [0.29, 0.717) is 38.8 Å². The second-order valence-corrected chi connectivity index (χ2v) is 9.38. The molecule has 0 atom stereocenters. The van der Waals surface area contributed by atoms with Crippen LogP contribution in [0.15, 0.2) is 60.8 Å². The van der Waals surface area contributed by atoms with Gasteiger partial charge in [-0.25, -0.2) is 9.59 Å². The molecule has 1 fully saturated rings. The number of nitrogens with two attached hydrogens (primary N) is 1. The number of anilines is 2. The predicted molar refractivity (Wildman–Crippen MR) is 146 cm³/mol. The normalized spacial score (nSPS) is 12.6. The zero-order chi connectivity index (χ0) is 26.8. The number of methoxy groups -OCH3 is 1. The number of aromatic nitrogens is 1. The number of esters is 1. The number of nitrogens with zero attached hydrogens (tertiary/aromatic N) is 1. The second kappa shape index (κ2) is 10.6. The average molecular weight is 553 g/mol. The Balaban J connectivity index is 1.41. The summed E-state index contributed by atoms with van der Waals surface area (Å²) in [5, 5.41) is 6.69. The molecular weight excluding hydrogens is 531 g/mol. The average Bonchev–Trinajstić information content (AvgIpc) is 3.71. The van der Waals surface area contributed by atoms with Crippen molar-refractivity contribution in [3.05, 3.63) is 76.4 Å². The zero-order valence-electron chi connectivity index (χ0n) is 20.1. The lowest BCUT2D eigenvalue weighted by Crippen LogP contribution is -2.30. The third kappa shape index (κ3) is 5.69. The van der Waals surface area contributed by atoms with E-state index in [-0.39, 0.29) is 34.2 Å². The summed E-state index contributed by atoms with van der Waals surface area (Å²) in [6, 6.07) is 14.2. The number of nitrogens with one attached hydrogen (secondary N) is 2. The first-order valence-electron chi connectivity index (χ1n) is 11.6. The minimum atomic E-state index is -0.665. The van der Waals surface area contributed by atoms with Crippen LogP contribution in [0.4, 0.5) is 16.2 Å². The van der Waals surface area contributed by atoms with E-state index in [1.807, 2.05) is 0 Å². The molecule has 0 spiro atoms. The van der Waals surface area contributed by atoms with Crippen molar-refractivity contribution in [1.82, 2.24) is 10.3 Å². The van der Waals surface area contributed by atoms with Gasteiger partial charge in [-0.05, 0) is 49.2 Å². The number of fused-ring (bicyclic) bond motifs is 1. The van der Waals surface area contributed by atoms with Crippen molar-refractivity contribution in [3.63, 3.8) is 0 Å². The summed E-state index contributed by atoms with van der Waals surface area (Å²) in [6.45, 7) is 0. The molecule has 0 radical (unpaired) electrons. The van der Waals surface area contributed by atoms with Gasteiger partial charge in [-0.1, -0.05) is 23.2 Å². The third-order valence-electron chi connectivity index (χ3n) is 5.75. The van der Waals surface area contributed by atoms with Gasteiger partial charge in [0.15, 0.2) is 0 Å². The summed E-state index contributed by atoms with van der Waals surface area (Å²) >= 11 is 12.4. The molecular formula is C27H22Cl2N4O5. The fourth-order valence-electron chi connectivity index (χ4n) is 3.66. The van der Waals surface area contributed by atoms with E-state index in [1.54, 1.807) is 54.7 Å². The van der Waals surface area contributed by atoms with Crippen LogP contribution in [0, 0.1) is 0 Å². The summed E-state index contributed by atoms with van der Waals surface area (Å²) in [5.41, 5.74) is 7.25. The SMILES string of the molecule is COc1cc2nccc(Oc3ccc(NC(=O)NC4CC4)c(Cl)c3)c2cc1C(=O)Oc1ccc(N)c(Cl)c1. The first kappa shape index (κ1) is 25.4. The van der Waals surface area contributed by atoms with Gasteiger partial charge < -0.3 is 30.6 Å². The topological polar surface area (TPSA) is 125 Å². The summed E-state index contributed by atoms with van der Waals surface area (Å²) in [6.07, 6.45) is 3.54. The molecule has 1 aromatic heterocycles. The lowest BCUT2D eigenvalue weighted by molar-refractivity contribution is 0.0731. The van der Waals surface area contributed by atoms with Crippen molar-refractivity contribution in [2.24, 2.45) is 0 Å². The van der Waals surface area contributed by atoms with E-state index >= 15 is 0 Å². The van der Waals surface area contributed by atoms with E-state index < -0.39 is 5.97 Å². The van der Waals surface area contributed by atoms with Crippen LogP contribution in [0.1, 0.15) is 23.2 Å². The predicted octanol–water partition coefficient (Wildman–Crippen LogP) is 6.43. The van der Waals surface area contributed by atoms with Crippen LogP contribution in [0.2, 0.25) is 10.0 Å². The maximum Gasteiger partial charge on any atom is 0.347 e. The molecule has 1 aliphatic carbocycles. The van der Waals surface area contributed by atoms with Crippen molar-refractivity contribution in [2.45, 2.75) is 18.9 Å². The van der Waals surface area contributed by atoms with Crippen LogP contribution in [0.25, 0.3) is 10.9 Å². The molecule has 194 valence electrons. The van der Waals surface area contributed by atoms with Crippen LogP contribution in [-0.4, -0.2) is 30.1 Å². The molecule has 0 bridgehead atoms. The standard InChI is InChI=1S/C27H22Cl2N4O5/c1-36-25-13-23-17(12-18(25)26(34)38-16-4-6-21(30)19(28)10-16)24(8-9-31-23)37-15-5-7-22(20(29)11-15)33-27(35)32-14-2-3-14/h4-14H,2-3,30H2,1H3,(H2,32,33,35). The van der Waals surface area contributed by atoms with Gasteiger partial charge in [-0.3, -0.25) is 4.98 Å². The number of amides is 2. The first-order valence-corrected chi connectivity index (χ1v) is 12.3. The Morgan fingerprint density at radius 2 is 1.74 bits per heavy atom. The fourth-order valence-corrected chi connectivity index (χ4v) is 4.05. The minimum Gasteiger partial charge on any atom is -0.496 e. The summed E-state index contributed by atoms with van der Waals surface area (Å²) in [5.74, 6) is 0.685. The quantitative estimate of drug-likeness (QED) is 0.137. The van der Waals surface area contributed by atoms with Crippen molar-refractivity contribution in [1.29, 1.82) is 0 Å². The molecule has 0 aliphatic heterocycles. The number of pyridine rings is 1. The number of nitrogen functional groups attached to an aromatic ring is 1. The monoisotopic (exact) mass is 552 g/mol. The van der Waals surface area contributed by atoms with Gasteiger partial charge in [-0.15, -0.1) is 0 Å². The van der Waals surface area contributed by atoms with Gasteiger partial charge in [0.1, 0.15) is 28.6 Å². The Morgan fingerprint density at radius 1 is 0.974 bits per heavy atom. The number of benzene rings is 3. The van der Waals surface area contributed by atoms with Gasteiger partial charge >= 0.3 is 12.0 Å². The summed E-state index contributed by atoms with van der Waals surface area (Å²) in [7, 11) is 1.45. The molecule has 4 aromatic rings. The van der Waals surface area contributed by atoms with E-state index in [2.05, 4.69) is 15.6 Å². The highest BCUT2D eigenvalue weighted by molar-refractivity contribution is 6.34. The number of halogens is 2. The fraction of sp³-hybridized carbons (Fsp3) is 0.148. The highest BCUT2D eigenvalue weighted by Gasteiger charge is 2.23. The molecule has 3 aromatic carbocycles. The lowest BCUT2D eigenvalue weighted by Gasteiger charge is -2.14. The second-order valence-electron chi connectivity index (χ2n) is 8.57.